The molecule has 5 rings (SSSR count). The lowest BCUT2D eigenvalue weighted by molar-refractivity contribution is -0.136. The summed E-state index contributed by atoms with van der Waals surface area (Å²) in [6.45, 7) is 0.188. The molecule has 30 heavy (non-hydrogen) atoms. The summed E-state index contributed by atoms with van der Waals surface area (Å²) in [6.07, 6.45) is 0. The van der Waals surface area contributed by atoms with E-state index in [1.54, 1.807) is 26.4 Å². The summed E-state index contributed by atoms with van der Waals surface area (Å²) < 4.78 is 17.1. The van der Waals surface area contributed by atoms with Crippen molar-refractivity contribution in [3.8, 4) is 17.2 Å². The topological polar surface area (TPSA) is 77.0 Å². The van der Waals surface area contributed by atoms with E-state index in [-0.39, 0.29) is 24.2 Å². The van der Waals surface area contributed by atoms with Crippen LogP contribution in [0.1, 0.15) is 17.0 Å². The van der Waals surface area contributed by atoms with Gasteiger partial charge in [-0.05, 0) is 56.7 Å². The molecule has 2 aliphatic rings. The summed E-state index contributed by atoms with van der Waals surface area (Å²) in [4.78, 5) is 12.7. The molecule has 0 aromatic heterocycles. The molecule has 1 atom stereocenters. The number of phenols is 1. The van der Waals surface area contributed by atoms with Crippen LogP contribution in [-0.4, -0.2) is 31.9 Å². The fourth-order valence-corrected chi connectivity index (χ4v) is 4.90. The Morgan fingerprint density at radius 1 is 1.13 bits per heavy atom. The molecule has 2 heterocycles. The number of phenolic OH excluding ortho intramolecular Hbond substituents is 1. The molecule has 0 bridgehead atoms. The van der Waals surface area contributed by atoms with Gasteiger partial charge in [-0.15, -0.1) is 0 Å². The summed E-state index contributed by atoms with van der Waals surface area (Å²) in [7, 11) is 3.16. The van der Waals surface area contributed by atoms with Gasteiger partial charge in [0.15, 0.2) is 11.5 Å². The first kappa shape index (κ1) is 18.8. The van der Waals surface area contributed by atoms with E-state index in [0.717, 1.165) is 37.8 Å². The molecule has 0 saturated carbocycles. The number of hydrogen-bond donors (Lipinski definition) is 2. The molecule has 0 aliphatic carbocycles. The SMILES string of the molecule is COc1cc(C2C3=C(COC3=O)Nc3c2ccc2ccc(O)cc32)cc(Br)c1OC. The minimum atomic E-state index is -0.353. The van der Waals surface area contributed by atoms with E-state index in [9.17, 15) is 9.90 Å². The molecule has 3 aromatic carbocycles. The zero-order chi connectivity index (χ0) is 21.0. The second-order valence-electron chi connectivity index (χ2n) is 7.20. The Bertz CT molecular complexity index is 1250. The fraction of sp³-hybridized carbons (Fsp3) is 0.174. The third kappa shape index (κ3) is 2.73. The number of fused-ring (bicyclic) bond motifs is 3. The highest BCUT2D eigenvalue weighted by atomic mass is 79.9. The predicted molar refractivity (Wildman–Crippen MR) is 116 cm³/mol. The van der Waals surface area contributed by atoms with Crippen LogP contribution in [0.2, 0.25) is 0 Å². The molecule has 0 spiro atoms. The van der Waals surface area contributed by atoms with Gasteiger partial charge in [0.25, 0.3) is 0 Å². The normalized spacial score (nSPS) is 17.3. The maximum atomic E-state index is 12.7. The maximum absolute atomic E-state index is 12.7. The quantitative estimate of drug-likeness (QED) is 0.544. The lowest BCUT2D eigenvalue weighted by atomic mass is 9.80. The monoisotopic (exact) mass is 467 g/mol. The molecule has 1 unspecified atom stereocenters. The number of anilines is 1. The molecule has 2 aliphatic heterocycles. The highest BCUT2D eigenvalue weighted by Gasteiger charge is 2.39. The molecule has 7 heteroatoms. The third-order valence-corrected chi connectivity index (χ3v) is 6.18. The lowest BCUT2D eigenvalue weighted by Crippen LogP contribution is -2.20. The van der Waals surface area contributed by atoms with Crippen LogP contribution in [-0.2, 0) is 9.53 Å². The van der Waals surface area contributed by atoms with Crippen molar-refractivity contribution in [3.05, 3.63) is 69.3 Å². The van der Waals surface area contributed by atoms with Gasteiger partial charge < -0.3 is 24.6 Å². The van der Waals surface area contributed by atoms with Gasteiger partial charge >= 0.3 is 5.97 Å². The number of hydrogen-bond acceptors (Lipinski definition) is 6. The number of cyclic esters (lactones) is 1. The molecule has 0 fully saturated rings. The highest BCUT2D eigenvalue weighted by Crippen LogP contribution is 2.49. The van der Waals surface area contributed by atoms with Crippen LogP contribution < -0.4 is 14.8 Å². The molecule has 2 N–H and O–H groups in total. The highest BCUT2D eigenvalue weighted by molar-refractivity contribution is 9.10. The summed E-state index contributed by atoms with van der Waals surface area (Å²) in [5, 5.41) is 15.3. The second kappa shape index (κ2) is 6.95. The second-order valence-corrected chi connectivity index (χ2v) is 8.05. The van der Waals surface area contributed by atoms with Gasteiger partial charge in [0.05, 0.1) is 35.6 Å². The summed E-state index contributed by atoms with van der Waals surface area (Å²) >= 11 is 3.56. The summed E-state index contributed by atoms with van der Waals surface area (Å²) in [6, 6.07) is 13.1. The Morgan fingerprint density at radius 2 is 1.93 bits per heavy atom. The largest absolute Gasteiger partial charge is 0.508 e. The molecular formula is C23H18BrNO5. The standard InChI is InChI=1S/C23H18BrNO5/c1-28-18-8-12(7-16(24)22(18)29-2)19-14-6-4-11-3-5-13(26)9-15(11)21(14)25-17-10-30-23(27)20(17)19/h3-9,19,25-26H,10H2,1-2H3. The lowest BCUT2D eigenvalue weighted by Gasteiger charge is -2.29. The van der Waals surface area contributed by atoms with Crippen LogP contribution in [0, 0.1) is 0 Å². The van der Waals surface area contributed by atoms with Crippen LogP contribution in [0.15, 0.2) is 58.2 Å². The number of rotatable bonds is 3. The number of nitrogens with one attached hydrogen (secondary N) is 1. The van der Waals surface area contributed by atoms with E-state index >= 15 is 0 Å². The minimum absolute atomic E-state index is 0.182. The van der Waals surface area contributed by atoms with Gasteiger partial charge in [-0.2, -0.15) is 0 Å². The van der Waals surface area contributed by atoms with Gasteiger partial charge in [0.2, 0.25) is 0 Å². The zero-order valence-corrected chi connectivity index (χ0v) is 17.9. The Hall–Kier alpha value is -3.19. The number of carbonyl (C=O) groups is 1. The van der Waals surface area contributed by atoms with Crippen molar-refractivity contribution in [1.29, 1.82) is 0 Å². The van der Waals surface area contributed by atoms with E-state index < -0.39 is 0 Å². The smallest absolute Gasteiger partial charge is 0.337 e. The van der Waals surface area contributed by atoms with E-state index in [1.165, 1.54) is 0 Å². The molecular weight excluding hydrogens is 450 g/mol. The summed E-state index contributed by atoms with van der Waals surface area (Å²) in [5.41, 5.74) is 3.97. The number of ether oxygens (including phenoxy) is 3. The van der Waals surface area contributed by atoms with Crippen LogP contribution >= 0.6 is 15.9 Å². The van der Waals surface area contributed by atoms with Gasteiger partial charge in [0, 0.05) is 11.3 Å². The van der Waals surface area contributed by atoms with E-state index in [0.29, 0.717) is 17.1 Å². The van der Waals surface area contributed by atoms with Crippen LogP contribution in [0.4, 0.5) is 5.69 Å². The number of esters is 1. The average Bonchev–Trinajstić information content (AvgIpc) is 3.11. The summed E-state index contributed by atoms with van der Waals surface area (Å²) in [5.74, 6) is 0.641. The van der Waals surface area contributed by atoms with Crippen molar-refractivity contribution in [1.82, 2.24) is 0 Å². The van der Waals surface area contributed by atoms with E-state index in [4.69, 9.17) is 14.2 Å². The van der Waals surface area contributed by atoms with Gasteiger partial charge in [-0.25, -0.2) is 4.79 Å². The Morgan fingerprint density at radius 3 is 2.70 bits per heavy atom. The van der Waals surface area contributed by atoms with Crippen molar-refractivity contribution in [3.63, 3.8) is 0 Å². The molecule has 0 amide bonds. The van der Waals surface area contributed by atoms with Gasteiger partial charge in [-0.3, -0.25) is 0 Å². The first-order valence-corrected chi connectivity index (χ1v) is 10.2. The van der Waals surface area contributed by atoms with Crippen LogP contribution in [0.5, 0.6) is 17.2 Å². The number of halogens is 1. The van der Waals surface area contributed by atoms with Gasteiger partial charge in [0.1, 0.15) is 12.4 Å². The predicted octanol–water partition coefficient (Wildman–Crippen LogP) is 4.69. The zero-order valence-electron chi connectivity index (χ0n) is 16.3. The van der Waals surface area contributed by atoms with Crippen molar-refractivity contribution < 1.29 is 24.1 Å². The Kier molecular flexibility index (Phi) is 4.36. The first-order valence-electron chi connectivity index (χ1n) is 9.36. The van der Waals surface area contributed by atoms with Gasteiger partial charge in [-0.1, -0.05) is 18.2 Å². The van der Waals surface area contributed by atoms with Crippen molar-refractivity contribution in [2.45, 2.75) is 5.92 Å². The van der Waals surface area contributed by atoms with Crippen LogP contribution in [0.3, 0.4) is 0 Å². The number of carbonyl (C=O) groups excluding carboxylic acids is 1. The molecule has 0 saturated heterocycles. The third-order valence-electron chi connectivity index (χ3n) is 5.59. The van der Waals surface area contributed by atoms with E-state index in [1.807, 2.05) is 30.3 Å². The number of methoxy groups -OCH3 is 2. The average molecular weight is 468 g/mol. The Labute approximate surface area is 181 Å². The minimum Gasteiger partial charge on any atom is -0.508 e. The van der Waals surface area contributed by atoms with Crippen LogP contribution in [0.25, 0.3) is 10.8 Å². The molecule has 152 valence electrons. The van der Waals surface area contributed by atoms with Crippen molar-refractivity contribution in [2.24, 2.45) is 0 Å². The molecule has 3 aromatic rings. The first-order chi connectivity index (χ1) is 14.5. The fourth-order valence-electron chi connectivity index (χ4n) is 4.27. The maximum Gasteiger partial charge on any atom is 0.337 e. The Balaban J connectivity index is 1.79. The molecule has 6 nitrogen and oxygen atoms in total. The van der Waals surface area contributed by atoms with E-state index in [2.05, 4.69) is 21.2 Å². The van der Waals surface area contributed by atoms with Crippen molar-refractivity contribution in [2.75, 3.05) is 26.1 Å². The molecule has 0 radical (unpaired) electrons. The van der Waals surface area contributed by atoms with Crippen molar-refractivity contribution >= 4 is 38.4 Å². The number of benzene rings is 3. The number of aromatic hydroxyl groups is 1.